The van der Waals surface area contributed by atoms with Gasteiger partial charge in [0.1, 0.15) is 11.6 Å². The van der Waals surface area contributed by atoms with E-state index in [0.29, 0.717) is 12.0 Å². The Bertz CT molecular complexity index is 351. The molecule has 0 radical (unpaired) electrons. The van der Waals surface area contributed by atoms with Crippen LogP contribution in [0.1, 0.15) is 26.7 Å². The normalized spacial score (nSPS) is 20.5. The summed E-state index contributed by atoms with van der Waals surface area (Å²) in [6.07, 6.45) is 2.52. The van der Waals surface area contributed by atoms with Crippen molar-refractivity contribution in [2.75, 3.05) is 16.9 Å². The minimum absolute atomic E-state index is 0.612. The van der Waals surface area contributed by atoms with E-state index < -0.39 is 0 Å². The van der Waals surface area contributed by atoms with Crippen LogP contribution in [-0.4, -0.2) is 17.6 Å². The molecule has 4 heteroatoms. The van der Waals surface area contributed by atoms with Gasteiger partial charge in [-0.05, 0) is 30.9 Å². The van der Waals surface area contributed by atoms with Gasteiger partial charge in [-0.3, -0.25) is 0 Å². The van der Waals surface area contributed by atoms with E-state index in [-0.39, 0.29) is 0 Å². The van der Waals surface area contributed by atoms with Crippen molar-refractivity contribution < 1.29 is 0 Å². The first kappa shape index (κ1) is 11.2. The van der Waals surface area contributed by atoms with Crippen LogP contribution in [0.15, 0.2) is 18.2 Å². The van der Waals surface area contributed by atoms with Gasteiger partial charge in [0.05, 0.1) is 0 Å². The Morgan fingerprint density at radius 2 is 2.31 bits per heavy atom. The zero-order valence-corrected chi connectivity index (χ0v) is 9.98. The maximum absolute atomic E-state index is 5.38. The summed E-state index contributed by atoms with van der Waals surface area (Å²) in [6, 6.07) is 6.54. The van der Waals surface area contributed by atoms with Gasteiger partial charge in [0.15, 0.2) is 0 Å². The van der Waals surface area contributed by atoms with E-state index in [2.05, 4.69) is 35.2 Å². The molecule has 1 saturated heterocycles. The van der Waals surface area contributed by atoms with Crippen molar-refractivity contribution in [2.24, 2.45) is 11.8 Å². The van der Waals surface area contributed by atoms with Gasteiger partial charge in [0.2, 0.25) is 0 Å². The molecule has 0 spiro atoms. The highest BCUT2D eigenvalue weighted by molar-refractivity contribution is 5.48. The van der Waals surface area contributed by atoms with Crippen LogP contribution in [0, 0.1) is 5.92 Å². The van der Waals surface area contributed by atoms with Gasteiger partial charge in [0, 0.05) is 12.6 Å². The molecule has 1 aliphatic rings. The SMILES string of the molecule is CC(C)C1CCCN1c1cccc(NN)n1. The molecule has 0 bridgehead atoms. The Kier molecular flexibility index (Phi) is 3.29. The lowest BCUT2D eigenvalue weighted by Crippen LogP contribution is -2.34. The number of hydrogen-bond donors (Lipinski definition) is 2. The lowest BCUT2D eigenvalue weighted by molar-refractivity contribution is 0.490. The third-order valence-corrected chi connectivity index (χ3v) is 3.25. The van der Waals surface area contributed by atoms with Crippen LogP contribution in [0.4, 0.5) is 11.6 Å². The van der Waals surface area contributed by atoms with Gasteiger partial charge in [-0.15, -0.1) is 0 Å². The zero-order chi connectivity index (χ0) is 11.5. The first-order valence-corrected chi connectivity index (χ1v) is 5.92. The van der Waals surface area contributed by atoms with Gasteiger partial charge in [-0.1, -0.05) is 19.9 Å². The number of nitrogens with zero attached hydrogens (tertiary/aromatic N) is 2. The summed E-state index contributed by atoms with van der Waals surface area (Å²) in [5.74, 6) is 7.81. The van der Waals surface area contributed by atoms with Crippen LogP contribution in [0.2, 0.25) is 0 Å². The minimum Gasteiger partial charge on any atom is -0.353 e. The van der Waals surface area contributed by atoms with E-state index in [1.165, 1.54) is 12.8 Å². The van der Waals surface area contributed by atoms with E-state index in [9.17, 15) is 0 Å². The minimum atomic E-state index is 0.612. The molecule has 2 rings (SSSR count). The summed E-state index contributed by atoms with van der Waals surface area (Å²) < 4.78 is 0. The van der Waals surface area contributed by atoms with Crippen molar-refractivity contribution in [2.45, 2.75) is 32.7 Å². The molecule has 16 heavy (non-hydrogen) atoms. The fourth-order valence-corrected chi connectivity index (χ4v) is 2.43. The Labute approximate surface area is 96.8 Å². The highest BCUT2D eigenvalue weighted by Crippen LogP contribution is 2.28. The lowest BCUT2D eigenvalue weighted by atomic mass is 10.0. The molecule has 0 aliphatic carbocycles. The maximum atomic E-state index is 5.38. The highest BCUT2D eigenvalue weighted by atomic mass is 15.3. The topological polar surface area (TPSA) is 54.2 Å². The molecular formula is C12H20N4. The molecule has 1 unspecified atom stereocenters. The monoisotopic (exact) mass is 220 g/mol. The number of nitrogen functional groups attached to an aromatic ring is 1. The zero-order valence-electron chi connectivity index (χ0n) is 9.98. The summed E-state index contributed by atoms with van der Waals surface area (Å²) in [5, 5.41) is 0. The van der Waals surface area contributed by atoms with Gasteiger partial charge >= 0.3 is 0 Å². The number of hydrogen-bond acceptors (Lipinski definition) is 4. The van der Waals surface area contributed by atoms with Crippen LogP contribution >= 0.6 is 0 Å². The fourth-order valence-electron chi connectivity index (χ4n) is 2.43. The van der Waals surface area contributed by atoms with Gasteiger partial charge in [0.25, 0.3) is 0 Å². The second-order valence-electron chi connectivity index (χ2n) is 4.67. The maximum Gasteiger partial charge on any atom is 0.142 e. The predicted octanol–water partition coefficient (Wildman–Crippen LogP) is 1.99. The summed E-state index contributed by atoms with van der Waals surface area (Å²) in [7, 11) is 0. The van der Waals surface area contributed by atoms with E-state index in [4.69, 9.17) is 5.84 Å². The highest BCUT2D eigenvalue weighted by Gasteiger charge is 2.27. The standard InChI is InChI=1S/C12H20N4/c1-9(2)10-5-4-8-16(10)12-7-3-6-11(14-12)15-13/h3,6-7,9-10H,4-5,8,13H2,1-2H3,(H,14,15). The Hall–Kier alpha value is -1.29. The summed E-state index contributed by atoms with van der Waals surface area (Å²) in [4.78, 5) is 6.89. The molecule has 0 amide bonds. The smallest absolute Gasteiger partial charge is 0.142 e. The van der Waals surface area contributed by atoms with E-state index in [1.54, 1.807) is 0 Å². The Morgan fingerprint density at radius 1 is 1.50 bits per heavy atom. The fraction of sp³-hybridized carbons (Fsp3) is 0.583. The molecule has 3 N–H and O–H groups in total. The number of rotatable bonds is 3. The largest absolute Gasteiger partial charge is 0.353 e. The predicted molar refractivity (Wildman–Crippen MR) is 67.3 cm³/mol. The van der Waals surface area contributed by atoms with Crippen LogP contribution in [0.3, 0.4) is 0 Å². The molecule has 0 saturated carbocycles. The van der Waals surface area contributed by atoms with Crippen molar-refractivity contribution in [3.63, 3.8) is 0 Å². The summed E-state index contributed by atoms with van der Waals surface area (Å²) >= 11 is 0. The number of pyridine rings is 1. The molecule has 1 atom stereocenters. The molecule has 1 aromatic rings. The van der Waals surface area contributed by atoms with E-state index >= 15 is 0 Å². The van der Waals surface area contributed by atoms with Gasteiger partial charge in [-0.2, -0.15) is 0 Å². The van der Waals surface area contributed by atoms with E-state index in [0.717, 1.165) is 18.2 Å². The number of anilines is 2. The molecule has 88 valence electrons. The number of aromatic nitrogens is 1. The number of nitrogens with one attached hydrogen (secondary N) is 1. The van der Waals surface area contributed by atoms with Crippen molar-refractivity contribution in [1.82, 2.24) is 4.98 Å². The van der Waals surface area contributed by atoms with Crippen LogP contribution in [0.5, 0.6) is 0 Å². The number of nitrogens with two attached hydrogens (primary N) is 1. The van der Waals surface area contributed by atoms with Crippen molar-refractivity contribution in [1.29, 1.82) is 0 Å². The summed E-state index contributed by atoms with van der Waals surface area (Å²) in [5.41, 5.74) is 2.60. The molecule has 0 aromatic carbocycles. The average molecular weight is 220 g/mol. The van der Waals surface area contributed by atoms with Crippen LogP contribution in [-0.2, 0) is 0 Å². The first-order valence-electron chi connectivity index (χ1n) is 5.92. The first-order chi connectivity index (χ1) is 7.72. The van der Waals surface area contributed by atoms with Crippen molar-refractivity contribution in [3.05, 3.63) is 18.2 Å². The molecule has 1 aliphatic heterocycles. The molecular weight excluding hydrogens is 200 g/mol. The summed E-state index contributed by atoms with van der Waals surface area (Å²) in [6.45, 7) is 5.64. The number of hydrazine groups is 1. The van der Waals surface area contributed by atoms with Crippen molar-refractivity contribution in [3.8, 4) is 0 Å². The molecule has 4 nitrogen and oxygen atoms in total. The van der Waals surface area contributed by atoms with Gasteiger partial charge in [-0.25, -0.2) is 10.8 Å². The van der Waals surface area contributed by atoms with Crippen LogP contribution < -0.4 is 16.2 Å². The van der Waals surface area contributed by atoms with E-state index in [1.807, 2.05) is 12.1 Å². The second-order valence-corrected chi connectivity index (χ2v) is 4.67. The third kappa shape index (κ3) is 2.11. The molecule has 2 heterocycles. The quantitative estimate of drug-likeness (QED) is 0.604. The van der Waals surface area contributed by atoms with Crippen LogP contribution in [0.25, 0.3) is 0 Å². The second kappa shape index (κ2) is 4.70. The average Bonchev–Trinajstić information content (AvgIpc) is 2.78. The Balaban J connectivity index is 2.22. The Morgan fingerprint density at radius 3 is 3.00 bits per heavy atom. The molecule has 1 fully saturated rings. The molecule has 1 aromatic heterocycles. The third-order valence-electron chi connectivity index (χ3n) is 3.25. The van der Waals surface area contributed by atoms with Gasteiger partial charge < -0.3 is 10.3 Å². The van der Waals surface area contributed by atoms with Crippen molar-refractivity contribution >= 4 is 11.6 Å². The lowest BCUT2D eigenvalue weighted by Gasteiger charge is -2.28.